The summed E-state index contributed by atoms with van der Waals surface area (Å²) in [4.78, 5) is 28.7. The van der Waals surface area contributed by atoms with Crippen LogP contribution < -0.4 is 0 Å². The average Bonchev–Trinajstić information content (AvgIpc) is 3.17. The molecule has 0 spiro atoms. The maximum absolute atomic E-state index is 12.4. The molecule has 0 saturated carbocycles. The van der Waals surface area contributed by atoms with Gasteiger partial charge in [0.1, 0.15) is 0 Å². The minimum Gasteiger partial charge on any atom is -0.342 e. The number of benzene rings is 1. The highest BCUT2D eigenvalue weighted by Crippen LogP contribution is 2.22. The van der Waals surface area contributed by atoms with Gasteiger partial charge in [-0.3, -0.25) is 9.59 Å². The molecule has 2 saturated heterocycles. The Kier molecular flexibility index (Phi) is 5.90. The lowest BCUT2D eigenvalue weighted by atomic mass is 9.95. The average molecular weight is 340 g/mol. The molecule has 25 heavy (non-hydrogen) atoms. The van der Waals surface area contributed by atoms with E-state index < -0.39 is 0 Å². The Morgan fingerprint density at radius 1 is 1.00 bits per heavy atom. The maximum Gasteiger partial charge on any atom is 0.226 e. The van der Waals surface area contributed by atoms with Crippen LogP contribution in [0.15, 0.2) is 30.3 Å². The van der Waals surface area contributed by atoms with Crippen molar-refractivity contribution in [3.05, 3.63) is 41.5 Å². The predicted octanol–water partition coefficient (Wildman–Crippen LogP) is 3.26. The highest BCUT2D eigenvalue weighted by atomic mass is 16.2. The molecule has 4 nitrogen and oxygen atoms in total. The first kappa shape index (κ1) is 17.7. The third-order valence-corrected chi connectivity index (χ3v) is 5.29. The van der Waals surface area contributed by atoms with E-state index in [0.717, 1.165) is 44.3 Å². The molecule has 134 valence electrons. The second kappa shape index (κ2) is 8.32. The molecule has 0 aliphatic carbocycles. The van der Waals surface area contributed by atoms with Gasteiger partial charge in [-0.25, -0.2) is 0 Å². The molecule has 0 aromatic heterocycles. The van der Waals surface area contributed by atoms with Crippen molar-refractivity contribution in [2.45, 2.75) is 39.0 Å². The first-order chi connectivity index (χ1) is 12.1. The number of hydrogen-bond donors (Lipinski definition) is 0. The standard InChI is InChI=1S/C21H28N2O2/c1-17-7-9-18(10-8-17)5-4-6-20(24)22-15-11-19(12-16-22)21(25)23-13-2-3-14-23/h4-5,7-10,19H,2-3,6,11-16H2,1H3. The van der Waals surface area contributed by atoms with E-state index in [9.17, 15) is 9.59 Å². The van der Waals surface area contributed by atoms with E-state index in [-0.39, 0.29) is 11.8 Å². The highest BCUT2D eigenvalue weighted by molar-refractivity contribution is 5.81. The third-order valence-electron chi connectivity index (χ3n) is 5.29. The number of rotatable bonds is 4. The molecule has 1 aromatic carbocycles. The predicted molar refractivity (Wildman–Crippen MR) is 99.9 cm³/mol. The summed E-state index contributed by atoms with van der Waals surface area (Å²) in [7, 11) is 0. The second-order valence-corrected chi connectivity index (χ2v) is 7.20. The second-order valence-electron chi connectivity index (χ2n) is 7.20. The van der Waals surface area contributed by atoms with Gasteiger partial charge < -0.3 is 9.80 Å². The minimum atomic E-state index is 0.116. The minimum absolute atomic E-state index is 0.116. The monoisotopic (exact) mass is 340 g/mol. The zero-order valence-electron chi connectivity index (χ0n) is 15.1. The van der Waals surface area contributed by atoms with Crippen LogP contribution in [0.25, 0.3) is 6.08 Å². The number of amides is 2. The fourth-order valence-corrected chi connectivity index (χ4v) is 3.67. The summed E-state index contributed by atoms with van der Waals surface area (Å²) in [6, 6.07) is 8.27. The van der Waals surface area contributed by atoms with Crippen LogP contribution in [0.1, 0.15) is 43.2 Å². The van der Waals surface area contributed by atoms with Crippen molar-refractivity contribution in [1.29, 1.82) is 0 Å². The Morgan fingerprint density at radius 2 is 1.64 bits per heavy atom. The number of carbonyl (C=O) groups excluding carboxylic acids is 2. The van der Waals surface area contributed by atoms with E-state index in [1.165, 1.54) is 5.56 Å². The molecular formula is C21H28N2O2. The summed E-state index contributed by atoms with van der Waals surface area (Å²) < 4.78 is 0. The SMILES string of the molecule is Cc1ccc(C=CCC(=O)N2CCC(C(=O)N3CCCC3)CC2)cc1. The van der Waals surface area contributed by atoms with Crippen molar-refractivity contribution in [1.82, 2.24) is 9.80 Å². The molecule has 3 rings (SSSR count). The van der Waals surface area contributed by atoms with E-state index in [2.05, 4.69) is 31.2 Å². The summed E-state index contributed by atoms with van der Waals surface area (Å²) in [5.41, 5.74) is 2.35. The highest BCUT2D eigenvalue weighted by Gasteiger charge is 2.30. The number of hydrogen-bond acceptors (Lipinski definition) is 2. The van der Waals surface area contributed by atoms with Crippen molar-refractivity contribution in [3.63, 3.8) is 0 Å². The largest absolute Gasteiger partial charge is 0.342 e. The van der Waals surface area contributed by atoms with Crippen LogP contribution in [0.4, 0.5) is 0 Å². The van der Waals surface area contributed by atoms with Gasteiger partial charge in [0.25, 0.3) is 0 Å². The Balaban J connectivity index is 1.43. The molecule has 2 aliphatic rings. The van der Waals surface area contributed by atoms with E-state index in [1.54, 1.807) is 0 Å². The number of carbonyl (C=O) groups is 2. The third kappa shape index (κ3) is 4.71. The molecule has 0 bridgehead atoms. The smallest absolute Gasteiger partial charge is 0.226 e. The quantitative estimate of drug-likeness (QED) is 0.844. The molecule has 0 N–H and O–H groups in total. The van der Waals surface area contributed by atoms with Crippen molar-refractivity contribution >= 4 is 17.9 Å². The van der Waals surface area contributed by atoms with Gasteiger partial charge in [0.15, 0.2) is 0 Å². The lowest BCUT2D eigenvalue weighted by Gasteiger charge is -2.33. The molecule has 2 aliphatic heterocycles. The van der Waals surface area contributed by atoms with E-state index in [4.69, 9.17) is 0 Å². The number of aryl methyl sites for hydroxylation is 1. The summed E-state index contributed by atoms with van der Waals surface area (Å²) >= 11 is 0. The van der Waals surface area contributed by atoms with Gasteiger partial charge in [-0.1, -0.05) is 42.0 Å². The van der Waals surface area contributed by atoms with Crippen LogP contribution in [-0.2, 0) is 9.59 Å². The van der Waals surface area contributed by atoms with Crippen LogP contribution in [0.3, 0.4) is 0 Å². The van der Waals surface area contributed by atoms with E-state index in [1.807, 2.05) is 22.0 Å². The normalized spacial score (nSPS) is 18.9. The van der Waals surface area contributed by atoms with Gasteiger partial charge in [0.05, 0.1) is 0 Å². The lowest BCUT2D eigenvalue weighted by Crippen LogP contribution is -2.43. The Labute approximate surface area is 150 Å². The van der Waals surface area contributed by atoms with Crippen LogP contribution in [-0.4, -0.2) is 47.8 Å². The molecule has 1 aromatic rings. The van der Waals surface area contributed by atoms with Crippen molar-refractivity contribution in [3.8, 4) is 0 Å². The van der Waals surface area contributed by atoms with Crippen molar-refractivity contribution in [2.24, 2.45) is 5.92 Å². The fraction of sp³-hybridized carbons (Fsp3) is 0.524. The first-order valence-corrected chi connectivity index (χ1v) is 9.43. The molecule has 0 radical (unpaired) electrons. The van der Waals surface area contributed by atoms with Crippen LogP contribution in [0, 0.1) is 12.8 Å². The van der Waals surface area contributed by atoms with Crippen LogP contribution in [0.2, 0.25) is 0 Å². The molecule has 4 heteroatoms. The number of likely N-dealkylation sites (tertiary alicyclic amines) is 2. The van der Waals surface area contributed by atoms with Crippen LogP contribution in [0.5, 0.6) is 0 Å². The molecule has 2 fully saturated rings. The van der Waals surface area contributed by atoms with Crippen molar-refractivity contribution < 1.29 is 9.59 Å². The molecule has 0 unspecified atom stereocenters. The topological polar surface area (TPSA) is 40.6 Å². The number of nitrogens with zero attached hydrogens (tertiary/aromatic N) is 2. The van der Waals surface area contributed by atoms with Crippen molar-refractivity contribution in [2.75, 3.05) is 26.2 Å². The summed E-state index contributed by atoms with van der Waals surface area (Å²) in [5.74, 6) is 0.588. The van der Waals surface area contributed by atoms with Gasteiger partial charge >= 0.3 is 0 Å². The Morgan fingerprint density at radius 3 is 2.28 bits per heavy atom. The maximum atomic E-state index is 12.4. The zero-order chi connectivity index (χ0) is 17.6. The van der Waals surface area contributed by atoms with Gasteiger partial charge in [-0.15, -0.1) is 0 Å². The van der Waals surface area contributed by atoms with E-state index in [0.29, 0.717) is 25.4 Å². The van der Waals surface area contributed by atoms with E-state index >= 15 is 0 Å². The Bertz CT molecular complexity index is 622. The Hall–Kier alpha value is -2.10. The number of piperidine rings is 1. The summed E-state index contributed by atoms with van der Waals surface area (Å²) in [6.45, 7) is 5.32. The van der Waals surface area contributed by atoms with Gasteiger partial charge in [-0.05, 0) is 38.2 Å². The fourth-order valence-electron chi connectivity index (χ4n) is 3.67. The summed E-state index contributed by atoms with van der Waals surface area (Å²) in [6.07, 6.45) is 8.26. The summed E-state index contributed by atoms with van der Waals surface area (Å²) in [5, 5.41) is 0. The molecule has 2 heterocycles. The van der Waals surface area contributed by atoms with Gasteiger partial charge in [0.2, 0.25) is 11.8 Å². The zero-order valence-corrected chi connectivity index (χ0v) is 15.1. The molecule has 2 amide bonds. The van der Waals surface area contributed by atoms with Gasteiger partial charge in [-0.2, -0.15) is 0 Å². The molecular weight excluding hydrogens is 312 g/mol. The van der Waals surface area contributed by atoms with Crippen LogP contribution >= 0.6 is 0 Å². The van der Waals surface area contributed by atoms with Gasteiger partial charge in [0, 0.05) is 38.5 Å². The first-order valence-electron chi connectivity index (χ1n) is 9.43. The molecule has 0 atom stereocenters. The lowest BCUT2D eigenvalue weighted by molar-refractivity contribution is -0.139.